The van der Waals surface area contributed by atoms with E-state index < -0.39 is 5.97 Å². The first-order chi connectivity index (χ1) is 7.19. The van der Waals surface area contributed by atoms with Crippen molar-refractivity contribution in [1.82, 2.24) is 0 Å². The van der Waals surface area contributed by atoms with Gasteiger partial charge in [-0.1, -0.05) is 18.2 Å². The Morgan fingerprint density at radius 3 is 2.93 bits per heavy atom. The normalized spacial score (nSPS) is 10.5. The fourth-order valence-electron chi connectivity index (χ4n) is 1.14. The number of esters is 1. The highest BCUT2D eigenvalue weighted by atomic mass is 35.5. The number of hydrogen-bond acceptors (Lipinski definition) is 3. The summed E-state index contributed by atoms with van der Waals surface area (Å²) in [6, 6.07) is 5.15. The highest BCUT2D eigenvalue weighted by molar-refractivity contribution is 6.19. The largest absolute Gasteiger partial charge is 0.465 e. The van der Waals surface area contributed by atoms with E-state index in [-0.39, 0.29) is 0 Å². The van der Waals surface area contributed by atoms with Gasteiger partial charge in [-0.25, -0.2) is 4.79 Å². The average Bonchev–Trinajstić information content (AvgIpc) is 2.27. The molecule has 80 valence electrons. The molecule has 0 fully saturated rings. The minimum atomic E-state index is -0.436. The van der Waals surface area contributed by atoms with E-state index in [2.05, 4.69) is 4.74 Å². The number of benzene rings is 1. The molecule has 2 N–H and O–H groups in total. The number of carbonyl (C=O) groups excluding carboxylic acids is 1. The van der Waals surface area contributed by atoms with Crippen LogP contribution in [0.25, 0.3) is 6.08 Å². The highest BCUT2D eigenvalue weighted by Crippen LogP contribution is 2.16. The second-order valence-electron chi connectivity index (χ2n) is 2.89. The van der Waals surface area contributed by atoms with E-state index in [9.17, 15) is 4.79 Å². The molecule has 0 spiro atoms. The lowest BCUT2D eigenvalue weighted by Crippen LogP contribution is -2.05. The van der Waals surface area contributed by atoms with E-state index in [1.165, 1.54) is 7.11 Å². The van der Waals surface area contributed by atoms with Crippen LogP contribution in [0.2, 0.25) is 0 Å². The minimum absolute atomic E-state index is 0.370. The first-order valence-corrected chi connectivity index (χ1v) is 4.93. The SMILES string of the molecule is COC(=O)c1cc(C=CCCl)ccc1N. The summed E-state index contributed by atoms with van der Waals surface area (Å²) in [5, 5.41) is 0. The van der Waals surface area contributed by atoms with Crippen molar-refractivity contribution in [3.05, 3.63) is 35.4 Å². The van der Waals surface area contributed by atoms with Gasteiger partial charge in [0.05, 0.1) is 12.7 Å². The van der Waals surface area contributed by atoms with E-state index in [4.69, 9.17) is 17.3 Å². The Hall–Kier alpha value is -1.48. The summed E-state index contributed by atoms with van der Waals surface area (Å²) in [6.45, 7) is 0. The molecular formula is C11H12ClNO2. The van der Waals surface area contributed by atoms with E-state index in [0.29, 0.717) is 17.1 Å². The maximum absolute atomic E-state index is 11.3. The molecule has 0 aliphatic carbocycles. The van der Waals surface area contributed by atoms with Gasteiger partial charge in [-0.3, -0.25) is 0 Å². The monoisotopic (exact) mass is 225 g/mol. The zero-order chi connectivity index (χ0) is 11.3. The van der Waals surface area contributed by atoms with E-state index in [1.54, 1.807) is 18.2 Å². The Kier molecular flexibility index (Phi) is 4.18. The zero-order valence-electron chi connectivity index (χ0n) is 8.37. The Morgan fingerprint density at radius 1 is 1.60 bits per heavy atom. The van der Waals surface area contributed by atoms with Gasteiger partial charge in [0, 0.05) is 11.6 Å². The van der Waals surface area contributed by atoms with Crippen LogP contribution in [0.1, 0.15) is 15.9 Å². The van der Waals surface area contributed by atoms with E-state index in [0.717, 1.165) is 5.56 Å². The van der Waals surface area contributed by atoms with Crippen molar-refractivity contribution in [1.29, 1.82) is 0 Å². The minimum Gasteiger partial charge on any atom is -0.465 e. The molecule has 0 atom stereocenters. The van der Waals surface area contributed by atoms with Crippen molar-refractivity contribution in [2.75, 3.05) is 18.7 Å². The van der Waals surface area contributed by atoms with Crippen LogP contribution in [0.15, 0.2) is 24.3 Å². The predicted molar refractivity (Wildman–Crippen MR) is 61.9 cm³/mol. The van der Waals surface area contributed by atoms with Gasteiger partial charge in [0.25, 0.3) is 0 Å². The van der Waals surface area contributed by atoms with Gasteiger partial charge >= 0.3 is 5.97 Å². The lowest BCUT2D eigenvalue weighted by Gasteiger charge is -2.04. The van der Waals surface area contributed by atoms with Gasteiger partial charge in [-0.05, 0) is 17.7 Å². The number of rotatable bonds is 3. The molecule has 1 aromatic rings. The van der Waals surface area contributed by atoms with Gasteiger partial charge in [0.15, 0.2) is 0 Å². The molecule has 0 unspecified atom stereocenters. The predicted octanol–water partition coefficient (Wildman–Crippen LogP) is 2.31. The summed E-state index contributed by atoms with van der Waals surface area (Å²) in [5.41, 5.74) is 7.29. The molecule has 3 nitrogen and oxygen atoms in total. The quantitative estimate of drug-likeness (QED) is 0.488. The summed E-state index contributed by atoms with van der Waals surface area (Å²) >= 11 is 5.51. The van der Waals surface area contributed by atoms with E-state index in [1.807, 2.05) is 12.1 Å². The molecule has 1 rings (SSSR count). The molecule has 0 saturated heterocycles. The molecule has 0 bridgehead atoms. The number of anilines is 1. The summed E-state index contributed by atoms with van der Waals surface area (Å²) in [4.78, 5) is 11.3. The van der Waals surface area contributed by atoms with Gasteiger partial charge in [0.1, 0.15) is 0 Å². The molecular weight excluding hydrogens is 214 g/mol. The van der Waals surface area contributed by atoms with Crippen molar-refractivity contribution in [2.24, 2.45) is 0 Å². The van der Waals surface area contributed by atoms with Crippen molar-refractivity contribution < 1.29 is 9.53 Å². The Balaban J connectivity index is 3.05. The molecule has 15 heavy (non-hydrogen) atoms. The summed E-state index contributed by atoms with van der Waals surface area (Å²) in [6.07, 6.45) is 3.60. The number of halogens is 1. The molecule has 0 aliphatic rings. The van der Waals surface area contributed by atoms with Crippen LogP contribution < -0.4 is 5.73 Å². The third-order valence-corrected chi connectivity index (χ3v) is 2.06. The fraction of sp³-hybridized carbons (Fsp3) is 0.182. The lowest BCUT2D eigenvalue weighted by molar-refractivity contribution is 0.0602. The zero-order valence-corrected chi connectivity index (χ0v) is 9.12. The van der Waals surface area contributed by atoms with Crippen molar-refractivity contribution in [3.8, 4) is 0 Å². The van der Waals surface area contributed by atoms with Crippen LogP contribution >= 0.6 is 11.6 Å². The Bertz CT molecular complexity index is 388. The van der Waals surface area contributed by atoms with Gasteiger partial charge in [-0.2, -0.15) is 0 Å². The first-order valence-electron chi connectivity index (χ1n) is 4.39. The number of nitrogen functional groups attached to an aromatic ring is 1. The number of allylic oxidation sites excluding steroid dienone is 1. The highest BCUT2D eigenvalue weighted by Gasteiger charge is 2.09. The molecule has 0 saturated carbocycles. The summed E-state index contributed by atoms with van der Waals surface area (Å²) < 4.78 is 4.61. The maximum Gasteiger partial charge on any atom is 0.339 e. The second-order valence-corrected chi connectivity index (χ2v) is 3.20. The number of nitrogens with two attached hydrogens (primary N) is 1. The fourth-order valence-corrected chi connectivity index (χ4v) is 1.23. The summed E-state index contributed by atoms with van der Waals surface area (Å²) in [7, 11) is 1.32. The van der Waals surface area contributed by atoms with Gasteiger partial charge < -0.3 is 10.5 Å². The number of ether oxygens (including phenoxy) is 1. The van der Waals surface area contributed by atoms with Crippen LogP contribution in [-0.2, 0) is 4.74 Å². The van der Waals surface area contributed by atoms with Gasteiger partial charge in [-0.15, -0.1) is 11.6 Å². The summed E-state index contributed by atoms with van der Waals surface area (Å²) in [5.74, 6) is -0.00795. The number of hydrogen-bond donors (Lipinski definition) is 1. The smallest absolute Gasteiger partial charge is 0.339 e. The van der Waals surface area contributed by atoms with E-state index >= 15 is 0 Å². The van der Waals surface area contributed by atoms with Crippen LogP contribution in [0.3, 0.4) is 0 Å². The van der Waals surface area contributed by atoms with Crippen LogP contribution in [0.5, 0.6) is 0 Å². The number of carbonyl (C=O) groups is 1. The third-order valence-electron chi connectivity index (χ3n) is 1.88. The number of alkyl halides is 1. The lowest BCUT2D eigenvalue weighted by atomic mass is 10.1. The van der Waals surface area contributed by atoms with Crippen LogP contribution in [0.4, 0.5) is 5.69 Å². The number of methoxy groups -OCH3 is 1. The molecule has 4 heteroatoms. The molecule has 0 amide bonds. The molecule has 0 aliphatic heterocycles. The van der Waals surface area contributed by atoms with Crippen LogP contribution in [-0.4, -0.2) is 19.0 Å². The third kappa shape index (κ3) is 2.99. The standard InChI is InChI=1S/C11H12ClNO2/c1-15-11(14)9-7-8(3-2-6-12)4-5-10(9)13/h2-5,7H,6,13H2,1H3. The first kappa shape index (κ1) is 11.6. The molecule has 0 heterocycles. The van der Waals surface area contributed by atoms with Crippen LogP contribution in [0, 0.1) is 0 Å². The average molecular weight is 226 g/mol. The molecule has 0 aromatic heterocycles. The van der Waals surface area contributed by atoms with Crippen molar-refractivity contribution in [2.45, 2.75) is 0 Å². The topological polar surface area (TPSA) is 52.3 Å². The maximum atomic E-state index is 11.3. The molecule has 0 radical (unpaired) electrons. The second kappa shape index (κ2) is 5.41. The Morgan fingerprint density at radius 2 is 2.33 bits per heavy atom. The van der Waals surface area contributed by atoms with Crippen molar-refractivity contribution in [3.63, 3.8) is 0 Å². The Labute approximate surface area is 93.5 Å². The van der Waals surface area contributed by atoms with Crippen molar-refractivity contribution >= 4 is 29.3 Å². The molecule has 1 aromatic carbocycles. The van der Waals surface area contributed by atoms with Gasteiger partial charge in [0.2, 0.25) is 0 Å².